The molecule has 0 spiro atoms. The fourth-order valence-corrected chi connectivity index (χ4v) is 3.12. The van der Waals surface area contributed by atoms with Gasteiger partial charge in [0.05, 0.1) is 18.4 Å². The van der Waals surface area contributed by atoms with Crippen molar-refractivity contribution in [2.24, 2.45) is 0 Å². The lowest BCUT2D eigenvalue weighted by Gasteiger charge is -2.16. The highest BCUT2D eigenvalue weighted by Crippen LogP contribution is 2.30. The molecular formula is C22H21F3N2O3. The molecule has 158 valence electrons. The monoisotopic (exact) mass is 418 g/mol. The fraction of sp³-hybridized carbons (Fsp3) is 0.227. The van der Waals surface area contributed by atoms with Crippen molar-refractivity contribution in [2.45, 2.75) is 18.7 Å². The van der Waals surface area contributed by atoms with Gasteiger partial charge in [-0.2, -0.15) is 13.2 Å². The zero-order valence-electron chi connectivity index (χ0n) is 16.2. The van der Waals surface area contributed by atoms with E-state index in [2.05, 4.69) is 5.32 Å². The van der Waals surface area contributed by atoms with Crippen LogP contribution in [0.25, 0.3) is 5.69 Å². The van der Waals surface area contributed by atoms with E-state index in [0.29, 0.717) is 17.9 Å². The van der Waals surface area contributed by atoms with E-state index in [0.717, 1.165) is 17.7 Å². The Labute approximate surface area is 171 Å². The van der Waals surface area contributed by atoms with E-state index in [1.807, 2.05) is 24.3 Å². The molecule has 1 aromatic heterocycles. The molecule has 8 heteroatoms. The molecule has 30 heavy (non-hydrogen) atoms. The number of benzene rings is 2. The van der Waals surface area contributed by atoms with Gasteiger partial charge in [0, 0.05) is 18.4 Å². The average Bonchev–Trinajstić information content (AvgIpc) is 3.22. The number of aliphatic hydroxyl groups is 1. The van der Waals surface area contributed by atoms with Gasteiger partial charge in [0.1, 0.15) is 5.75 Å². The molecule has 2 N–H and O–H groups in total. The van der Waals surface area contributed by atoms with Gasteiger partial charge < -0.3 is 19.7 Å². The van der Waals surface area contributed by atoms with E-state index in [9.17, 15) is 23.1 Å². The number of halogens is 3. The second kappa shape index (κ2) is 9.04. The van der Waals surface area contributed by atoms with Gasteiger partial charge in [-0.25, -0.2) is 0 Å². The molecule has 0 aliphatic carbocycles. The summed E-state index contributed by atoms with van der Waals surface area (Å²) < 4.78 is 45.0. The summed E-state index contributed by atoms with van der Waals surface area (Å²) in [6.45, 7) is 0.289. The maximum absolute atomic E-state index is 12.8. The average molecular weight is 418 g/mol. The standard InChI is InChI=1S/C22H21F3N2O3/c1-30-19-7-3-2-5-15(19)12-13-26-21(29)20(28)18-6-4-14-27(18)17-10-8-16(9-11-17)22(23,24)25/h2-11,14,20,28H,12-13H2,1H3,(H,26,29). The van der Waals surface area contributed by atoms with Crippen LogP contribution in [0.4, 0.5) is 13.2 Å². The summed E-state index contributed by atoms with van der Waals surface area (Å²) in [5.74, 6) is 0.111. The Morgan fingerprint density at radius 2 is 1.80 bits per heavy atom. The second-order valence-corrected chi connectivity index (χ2v) is 6.60. The molecule has 0 bridgehead atoms. The van der Waals surface area contributed by atoms with E-state index >= 15 is 0 Å². The molecule has 0 saturated heterocycles. The van der Waals surface area contributed by atoms with Crippen LogP contribution in [0.15, 0.2) is 66.9 Å². The number of para-hydroxylation sites is 1. The predicted molar refractivity (Wildman–Crippen MR) is 105 cm³/mol. The summed E-state index contributed by atoms with van der Waals surface area (Å²) in [6.07, 6.45) is -3.81. The van der Waals surface area contributed by atoms with Crippen molar-refractivity contribution in [1.29, 1.82) is 0 Å². The minimum absolute atomic E-state index is 0.254. The largest absolute Gasteiger partial charge is 0.496 e. The zero-order valence-corrected chi connectivity index (χ0v) is 16.2. The van der Waals surface area contributed by atoms with Gasteiger partial charge in [-0.1, -0.05) is 18.2 Å². The Morgan fingerprint density at radius 1 is 1.10 bits per heavy atom. The quantitative estimate of drug-likeness (QED) is 0.612. The van der Waals surface area contributed by atoms with Crippen LogP contribution in [-0.4, -0.2) is 29.2 Å². The van der Waals surface area contributed by atoms with Gasteiger partial charge in [0.25, 0.3) is 5.91 Å². The second-order valence-electron chi connectivity index (χ2n) is 6.60. The number of ether oxygens (including phenoxy) is 1. The zero-order chi connectivity index (χ0) is 21.7. The molecule has 0 saturated carbocycles. The minimum Gasteiger partial charge on any atom is -0.496 e. The van der Waals surface area contributed by atoms with E-state index < -0.39 is 23.8 Å². The van der Waals surface area contributed by atoms with Crippen LogP contribution < -0.4 is 10.1 Å². The highest BCUT2D eigenvalue weighted by Gasteiger charge is 2.30. The van der Waals surface area contributed by atoms with Gasteiger partial charge in [-0.3, -0.25) is 4.79 Å². The molecule has 1 atom stereocenters. The molecule has 0 aliphatic rings. The first-order valence-corrected chi connectivity index (χ1v) is 9.24. The lowest BCUT2D eigenvalue weighted by atomic mass is 10.1. The van der Waals surface area contributed by atoms with Crippen molar-refractivity contribution >= 4 is 5.91 Å². The molecular weight excluding hydrogens is 397 g/mol. The van der Waals surface area contributed by atoms with Crippen LogP contribution in [0.3, 0.4) is 0 Å². The van der Waals surface area contributed by atoms with Gasteiger partial charge in [-0.15, -0.1) is 0 Å². The van der Waals surface area contributed by atoms with Gasteiger partial charge in [-0.05, 0) is 54.4 Å². The Bertz CT molecular complexity index is 997. The SMILES string of the molecule is COc1ccccc1CCNC(=O)C(O)c1cccn1-c1ccc(C(F)(F)F)cc1. The van der Waals surface area contributed by atoms with Crippen molar-refractivity contribution in [2.75, 3.05) is 13.7 Å². The predicted octanol–water partition coefficient (Wildman–Crippen LogP) is 3.90. The van der Waals surface area contributed by atoms with Gasteiger partial charge in [0.2, 0.25) is 0 Å². The summed E-state index contributed by atoms with van der Waals surface area (Å²) in [7, 11) is 1.57. The minimum atomic E-state index is -4.43. The van der Waals surface area contributed by atoms with Crippen molar-refractivity contribution in [3.63, 3.8) is 0 Å². The Kier molecular flexibility index (Phi) is 6.47. The number of carbonyl (C=O) groups excluding carboxylic acids is 1. The number of amides is 1. The lowest BCUT2D eigenvalue weighted by Crippen LogP contribution is -2.31. The Balaban J connectivity index is 1.67. The molecule has 1 unspecified atom stereocenters. The van der Waals surface area contributed by atoms with Crippen LogP contribution in [0.5, 0.6) is 5.75 Å². The first-order chi connectivity index (χ1) is 14.3. The van der Waals surface area contributed by atoms with E-state index in [-0.39, 0.29) is 12.2 Å². The molecule has 3 rings (SSSR count). The third-order valence-electron chi connectivity index (χ3n) is 4.67. The third kappa shape index (κ3) is 4.83. The number of nitrogens with one attached hydrogen (secondary N) is 1. The molecule has 1 amide bonds. The van der Waals surface area contributed by atoms with Gasteiger partial charge >= 0.3 is 6.18 Å². The number of aromatic nitrogens is 1. The molecule has 0 fully saturated rings. The molecule has 1 heterocycles. The maximum atomic E-state index is 12.8. The van der Waals surface area contributed by atoms with Crippen LogP contribution in [0, 0.1) is 0 Å². The number of hydrogen-bond acceptors (Lipinski definition) is 3. The van der Waals surface area contributed by atoms with Crippen LogP contribution in [0.2, 0.25) is 0 Å². The van der Waals surface area contributed by atoms with Crippen LogP contribution >= 0.6 is 0 Å². The van der Waals surface area contributed by atoms with Crippen LogP contribution in [-0.2, 0) is 17.4 Å². The highest BCUT2D eigenvalue weighted by atomic mass is 19.4. The summed E-state index contributed by atoms with van der Waals surface area (Å²) >= 11 is 0. The molecule has 0 aliphatic heterocycles. The third-order valence-corrected chi connectivity index (χ3v) is 4.67. The molecule has 3 aromatic rings. The smallest absolute Gasteiger partial charge is 0.416 e. The van der Waals surface area contributed by atoms with Crippen molar-refractivity contribution in [1.82, 2.24) is 9.88 Å². The highest BCUT2D eigenvalue weighted by molar-refractivity contribution is 5.81. The number of rotatable bonds is 7. The number of methoxy groups -OCH3 is 1. The van der Waals surface area contributed by atoms with Crippen molar-refractivity contribution in [3.8, 4) is 11.4 Å². The summed E-state index contributed by atoms with van der Waals surface area (Å²) in [5, 5.41) is 13.1. The first kappa shape index (κ1) is 21.4. The number of alkyl halides is 3. The Morgan fingerprint density at radius 3 is 2.47 bits per heavy atom. The summed E-state index contributed by atoms with van der Waals surface area (Å²) in [6, 6.07) is 15.1. The van der Waals surface area contributed by atoms with E-state index in [1.54, 1.807) is 25.4 Å². The topological polar surface area (TPSA) is 63.5 Å². The summed E-state index contributed by atoms with van der Waals surface area (Å²) in [4.78, 5) is 12.4. The van der Waals surface area contributed by atoms with Crippen LogP contribution in [0.1, 0.15) is 22.9 Å². The first-order valence-electron chi connectivity index (χ1n) is 9.24. The molecule has 2 aromatic carbocycles. The Hall–Kier alpha value is -3.26. The van der Waals surface area contributed by atoms with E-state index in [1.165, 1.54) is 16.7 Å². The number of carbonyl (C=O) groups is 1. The number of aliphatic hydroxyl groups excluding tert-OH is 1. The summed E-state index contributed by atoms with van der Waals surface area (Å²) in [5.41, 5.74) is 0.811. The lowest BCUT2D eigenvalue weighted by molar-refractivity contribution is -0.137. The normalized spacial score (nSPS) is 12.4. The van der Waals surface area contributed by atoms with Crippen molar-refractivity contribution in [3.05, 3.63) is 83.7 Å². The molecule has 5 nitrogen and oxygen atoms in total. The molecule has 0 radical (unpaired) electrons. The van der Waals surface area contributed by atoms with Gasteiger partial charge in [0.15, 0.2) is 6.10 Å². The fourth-order valence-electron chi connectivity index (χ4n) is 3.12. The number of hydrogen-bond donors (Lipinski definition) is 2. The number of nitrogens with zero attached hydrogens (tertiary/aromatic N) is 1. The van der Waals surface area contributed by atoms with Crippen molar-refractivity contribution < 1.29 is 27.8 Å². The maximum Gasteiger partial charge on any atom is 0.416 e. The van der Waals surface area contributed by atoms with E-state index in [4.69, 9.17) is 4.74 Å².